The largest absolute Gasteiger partial charge is 0.272 e. The Balaban J connectivity index is 2.11. The Bertz CT molecular complexity index is 971. The summed E-state index contributed by atoms with van der Waals surface area (Å²) in [6.07, 6.45) is 6.09. The molecule has 0 atom stereocenters. The van der Waals surface area contributed by atoms with Crippen molar-refractivity contribution in [2.45, 2.75) is 19.8 Å². The van der Waals surface area contributed by atoms with Crippen molar-refractivity contribution in [1.29, 1.82) is 0 Å². The number of aryl methyl sites for hydroxylation is 1. The summed E-state index contributed by atoms with van der Waals surface area (Å²) in [7, 11) is 0. The van der Waals surface area contributed by atoms with E-state index in [-0.39, 0.29) is 0 Å². The van der Waals surface area contributed by atoms with Gasteiger partial charge in [0.25, 0.3) is 0 Å². The second-order valence-corrected chi connectivity index (χ2v) is 6.58. The molecule has 0 unspecified atom stereocenters. The molecule has 0 spiro atoms. The highest BCUT2D eigenvalue weighted by atomic mass is 79.9. The van der Waals surface area contributed by atoms with Gasteiger partial charge < -0.3 is 0 Å². The van der Waals surface area contributed by atoms with Gasteiger partial charge in [0.15, 0.2) is 11.5 Å². The quantitative estimate of drug-likeness (QED) is 0.622. The Morgan fingerprint density at radius 2 is 2.00 bits per heavy atom. The molecule has 0 bridgehead atoms. The fraction of sp³-hybridized carbons (Fsp3) is 0.188. The summed E-state index contributed by atoms with van der Waals surface area (Å²) in [6.45, 7) is 1.95. The molecule has 2 aromatic heterocycles. The third-order valence-corrected chi connectivity index (χ3v) is 4.64. The van der Waals surface area contributed by atoms with Crippen molar-refractivity contribution in [3.05, 3.63) is 51.4 Å². The van der Waals surface area contributed by atoms with Crippen LogP contribution in [0, 0.1) is 6.92 Å². The lowest BCUT2D eigenvalue weighted by atomic mass is 10.1. The maximum absolute atomic E-state index is 6.38. The second-order valence-electron chi connectivity index (χ2n) is 5.26. The lowest BCUT2D eigenvalue weighted by Crippen LogP contribution is -2.01. The smallest absolute Gasteiger partial charge is 0.183 e. The minimum absolute atomic E-state index is 0.736. The van der Waals surface area contributed by atoms with Gasteiger partial charge in [0.2, 0.25) is 0 Å². The lowest BCUT2D eigenvalue weighted by molar-refractivity contribution is 1.01. The van der Waals surface area contributed by atoms with Gasteiger partial charge >= 0.3 is 0 Å². The van der Waals surface area contributed by atoms with Crippen LogP contribution < -0.4 is 0 Å². The molecule has 4 nitrogen and oxygen atoms in total. The van der Waals surface area contributed by atoms with Crippen LogP contribution in [0.5, 0.6) is 0 Å². The van der Waals surface area contributed by atoms with Gasteiger partial charge in [-0.05, 0) is 38.0 Å². The molecule has 4 rings (SSSR count). The Morgan fingerprint density at radius 1 is 1.18 bits per heavy atom. The van der Waals surface area contributed by atoms with Crippen LogP contribution in [0.2, 0.25) is 0 Å². The molecule has 0 radical (unpaired) electrons. The fourth-order valence-corrected chi connectivity index (χ4v) is 3.39. The number of aromatic nitrogens is 4. The van der Waals surface area contributed by atoms with Crippen LogP contribution >= 0.6 is 27.5 Å². The number of hydrogen-bond acceptors (Lipinski definition) is 3. The Hall–Kier alpha value is -1.72. The van der Waals surface area contributed by atoms with Gasteiger partial charge in [-0.3, -0.25) is 4.40 Å². The molecule has 6 heteroatoms. The number of nitrogens with zero attached hydrogens (tertiary/aromatic N) is 4. The molecule has 2 heterocycles. The van der Waals surface area contributed by atoms with Crippen LogP contribution in [0.1, 0.15) is 24.4 Å². The minimum Gasteiger partial charge on any atom is -0.272 e. The van der Waals surface area contributed by atoms with Gasteiger partial charge in [0, 0.05) is 15.1 Å². The van der Waals surface area contributed by atoms with Crippen LogP contribution in [-0.2, 0) is 0 Å². The van der Waals surface area contributed by atoms with E-state index in [1.165, 1.54) is 0 Å². The fourth-order valence-electron chi connectivity index (χ4n) is 2.77. The Kier molecular flexibility index (Phi) is 3.27. The SMILES string of the molecule is Cc1nc2cc(Br)ccc2n2c(C3=CCCC=C3Cl)nnc12. The van der Waals surface area contributed by atoms with E-state index in [1.54, 1.807) is 0 Å². The summed E-state index contributed by atoms with van der Waals surface area (Å²) in [5.41, 5.74) is 4.42. The Morgan fingerprint density at radius 3 is 2.82 bits per heavy atom. The number of fused-ring (bicyclic) bond motifs is 3. The molecular formula is C16H12BrClN4. The van der Waals surface area contributed by atoms with Crippen molar-refractivity contribution in [3.63, 3.8) is 0 Å². The second kappa shape index (κ2) is 5.18. The van der Waals surface area contributed by atoms with Crippen LogP contribution in [0.15, 0.2) is 39.9 Å². The van der Waals surface area contributed by atoms with Gasteiger partial charge in [0.1, 0.15) is 0 Å². The molecule has 0 saturated heterocycles. The van der Waals surface area contributed by atoms with Crippen LogP contribution in [0.3, 0.4) is 0 Å². The van der Waals surface area contributed by atoms with Gasteiger partial charge in [-0.15, -0.1) is 10.2 Å². The van der Waals surface area contributed by atoms with E-state index >= 15 is 0 Å². The van der Waals surface area contributed by atoms with E-state index in [0.29, 0.717) is 0 Å². The van der Waals surface area contributed by atoms with E-state index in [4.69, 9.17) is 11.6 Å². The molecule has 0 fully saturated rings. The first-order valence-corrected chi connectivity index (χ1v) is 8.20. The number of hydrogen-bond donors (Lipinski definition) is 0. The van der Waals surface area contributed by atoms with Gasteiger partial charge in [-0.1, -0.05) is 39.7 Å². The van der Waals surface area contributed by atoms with E-state index in [0.717, 1.165) is 56.1 Å². The van der Waals surface area contributed by atoms with E-state index in [1.807, 2.05) is 35.6 Å². The molecular weight excluding hydrogens is 364 g/mol. The minimum atomic E-state index is 0.736. The molecule has 1 aliphatic rings. The van der Waals surface area contributed by atoms with Crippen LogP contribution in [0.4, 0.5) is 0 Å². The first-order valence-electron chi connectivity index (χ1n) is 7.03. The molecule has 1 aromatic carbocycles. The van der Waals surface area contributed by atoms with Crippen molar-refractivity contribution in [2.24, 2.45) is 0 Å². The third kappa shape index (κ3) is 2.08. The van der Waals surface area contributed by atoms with Gasteiger partial charge in [0.05, 0.1) is 16.7 Å². The highest BCUT2D eigenvalue weighted by Crippen LogP contribution is 2.32. The van der Waals surface area contributed by atoms with Crippen LogP contribution in [0.25, 0.3) is 22.3 Å². The van der Waals surface area contributed by atoms with Crippen molar-refractivity contribution in [2.75, 3.05) is 0 Å². The zero-order chi connectivity index (χ0) is 15.3. The van der Waals surface area contributed by atoms with Crippen molar-refractivity contribution in [3.8, 4) is 0 Å². The molecule has 22 heavy (non-hydrogen) atoms. The predicted molar refractivity (Wildman–Crippen MR) is 91.9 cm³/mol. The molecule has 0 N–H and O–H groups in total. The highest BCUT2D eigenvalue weighted by molar-refractivity contribution is 9.10. The summed E-state index contributed by atoms with van der Waals surface area (Å²) >= 11 is 9.87. The van der Waals surface area contributed by atoms with E-state index in [9.17, 15) is 0 Å². The molecule has 3 aromatic rings. The standard InChI is InChI=1S/C16H12BrClN4/c1-9-15-20-21-16(11-4-2-3-5-12(11)18)22(15)14-7-6-10(17)8-13(14)19-9/h4-8H,2-3H2,1H3. The van der Waals surface area contributed by atoms with Crippen LogP contribution in [-0.4, -0.2) is 19.6 Å². The molecule has 0 saturated carbocycles. The average molecular weight is 376 g/mol. The molecule has 0 amide bonds. The predicted octanol–water partition coefficient (Wildman–Crippen LogP) is 4.65. The maximum atomic E-state index is 6.38. The van der Waals surface area contributed by atoms with E-state index < -0.39 is 0 Å². The average Bonchev–Trinajstić information content (AvgIpc) is 2.93. The number of allylic oxidation sites excluding steroid dienone is 4. The van der Waals surface area contributed by atoms with Crippen molar-refractivity contribution < 1.29 is 0 Å². The molecule has 110 valence electrons. The number of halogens is 2. The molecule has 0 aliphatic heterocycles. The summed E-state index contributed by atoms with van der Waals surface area (Å²) in [5, 5.41) is 9.42. The maximum Gasteiger partial charge on any atom is 0.183 e. The first-order chi connectivity index (χ1) is 10.6. The summed E-state index contributed by atoms with van der Waals surface area (Å²) in [4.78, 5) is 4.62. The van der Waals surface area contributed by atoms with Gasteiger partial charge in [-0.2, -0.15) is 0 Å². The summed E-state index contributed by atoms with van der Waals surface area (Å²) < 4.78 is 3.04. The summed E-state index contributed by atoms with van der Waals surface area (Å²) in [5.74, 6) is 0.772. The zero-order valence-electron chi connectivity index (χ0n) is 11.8. The Labute approximate surface area is 140 Å². The molecule has 1 aliphatic carbocycles. The number of benzene rings is 1. The highest BCUT2D eigenvalue weighted by Gasteiger charge is 2.19. The monoisotopic (exact) mass is 374 g/mol. The topological polar surface area (TPSA) is 43.1 Å². The third-order valence-electron chi connectivity index (χ3n) is 3.79. The normalized spacial score (nSPS) is 15.2. The van der Waals surface area contributed by atoms with Crippen molar-refractivity contribution in [1.82, 2.24) is 19.6 Å². The lowest BCUT2D eigenvalue weighted by Gasteiger charge is -2.11. The first kappa shape index (κ1) is 13.9. The summed E-state index contributed by atoms with van der Waals surface area (Å²) in [6, 6.07) is 6.01. The number of rotatable bonds is 1. The van der Waals surface area contributed by atoms with E-state index in [2.05, 4.69) is 37.2 Å². The van der Waals surface area contributed by atoms with Crippen molar-refractivity contribution >= 4 is 49.8 Å². The van der Waals surface area contributed by atoms with Gasteiger partial charge in [-0.25, -0.2) is 4.98 Å². The zero-order valence-corrected chi connectivity index (χ0v) is 14.2.